The lowest BCUT2D eigenvalue weighted by atomic mass is 9.97. The summed E-state index contributed by atoms with van der Waals surface area (Å²) < 4.78 is 0. The molecular formula is C32H42N4O. The number of aromatic nitrogens is 2. The average Bonchev–Trinajstić information content (AvgIpc) is 2.92. The molecule has 4 rings (SSSR count). The molecule has 0 spiro atoms. The molecule has 1 aliphatic heterocycles. The number of benzene rings is 2. The van der Waals surface area contributed by atoms with Crippen molar-refractivity contribution >= 4 is 11.7 Å². The molecule has 1 fully saturated rings. The first kappa shape index (κ1) is 26.8. The van der Waals surface area contributed by atoms with E-state index in [1.54, 1.807) is 0 Å². The van der Waals surface area contributed by atoms with E-state index in [9.17, 15) is 4.79 Å². The van der Waals surface area contributed by atoms with Gasteiger partial charge in [0.1, 0.15) is 5.82 Å². The first-order valence-corrected chi connectivity index (χ1v) is 14.0. The van der Waals surface area contributed by atoms with E-state index in [-0.39, 0.29) is 0 Å². The van der Waals surface area contributed by atoms with Gasteiger partial charge in [-0.3, -0.25) is 4.79 Å². The molecule has 196 valence electrons. The Kier molecular flexibility index (Phi) is 9.32. The number of carbonyl (C=O) groups excluding carboxylic acids is 1. The van der Waals surface area contributed by atoms with E-state index in [1.165, 1.54) is 41.5 Å². The minimum Gasteiger partial charge on any atom is -0.353 e. The fraction of sp³-hybridized carbons (Fsp3) is 0.469. The maximum absolute atomic E-state index is 12.8. The van der Waals surface area contributed by atoms with Crippen LogP contribution in [-0.4, -0.2) is 47.0 Å². The minimum absolute atomic E-state index is 0.301. The first-order valence-electron chi connectivity index (χ1n) is 14.0. The van der Waals surface area contributed by atoms with Gasteiger partial charge in [-0.1, -0.05) is 86.7 Å². The van der Waals surface area contributed by atoms with Crippen molar-refractivity contribution < 1.29 is 4.79 Å². The maximum Gasteiger partial charge on any atom is 0.222 e. The van der Waals surface area contributed by atoms with Crippen molar-refractivity contribution in [2.24, 2.45) is 0 Å². The Labute approximate surface area is 222 Å². The van der Waals surface area contributed by atoms with Crippen molar-refractivity contribution in [2.45, 2.75) is 72.6 Å². The lowest BCUT2D eigenvalue weighted by molar-refractivity contribution is -0.131. The predicted octanol–water partition coefficient (Wildman–Crippen LogP) is 6.67. The Morgan fingerprint density at radius 3 is 2.32 bits per heavy atom. The summed E-state index contributed by atoms with van der Waals surface area (Å²) in [4.78, 5) is 27.3. The molecule has 0 N–H and O–H groups in total. The van der Waals surface area contributed by atoms with Crippen LogP contribution in [0.2, 0.25) is 0 Å². The van der Waals surface area contributed by atoms with Crippen LogP contribution in [-0.2, 0) is 11.2 Å². The molecule has 0 unspecified atom stereocenters. The van der Waals surface area contributed by atoms with Crippen LogP contribution >= 0.6 is 0 Å². The summed E-state index contributed by atoms with van der Waals surface area (Å²) in [5, 5.41) is 0. The van der Waals surface area contributed by atoms with E-state index < -0.39 is 0 Å². The molecule has 1 saturated heterocycles. The van der Waals surface area contributed by atoms with Gasteiger partial charge in [0.25, 0.3) is 0 Å². The third-order valence-corrected chi connectivity index (χ3v) is 7.52. The molecule has 2 heterocycles. The zero-order chi connectivity index (χ0) is 26.2. The molecular weight excluding hydrogens is 456 g/mol. The summed E-state index contributed by atoms with van der Waals surface area (Å²) in [5.41, 5.74) is 7.11. The van der Waals surface area contributed by atoms with E-state index in [0.29, 0.717) is 12.3 Å². The van der Waals surface area contributed by atoms with Crippen LogP contribution in [0.3, 0.4) is 0 Å². The minimum atomic E-state index is 0.301. The number of aryl methyl sites for hydroxylation is 3. The third-order valence-electron chi connectivity index (χ3n) is 7.52. The van der Waals surface area contributed by atoms with Crippen molar-refractivity contribution in [1.29, 1.82) is 0 Å². The van der Waals surface area contributed by atoms with Crippen LogP contribution in [0.25, 0.3) is 11.4 Å². The van der Waals surface area contributed by atoms with Crippen LogP contribution < -0.4 is 4.90 Å². The molecule has 2 aromatic carbocycles. The van der Waals surface area contributed by atoms with Crippen molar-refractivity contribution in [3.63, 3.8) is 0 Å². The van der Waals surface area contributed by atoms with Crippen LogP contribution in [0.5, 0.6) is 0 Å². The molecule has 5 nitrogen and oxygen atoms in total. The standard InChI is InChI=1S/C32H42N4O/c1-5-6-7-8-12-15-30(37)35-18-20-36(21-19-35)32-29(23-28-22-24(2)16-17-25(28)3)26(4)33-31(34-32)27-13-10-9-11-14-27/h9-11,13-14,16-17,22H,5-8,12,15,18-21,23H2,1-4H3. The topological polar surface area (TPSA) is 49.3 Å². The Balaban J connectivity index is 1.55. The summed E-state index contributed by atoms with van der Waals surface area (Å²) in [6.07, 6.45) is 7.37. The molecule has 5 heteroatoms. The quantitative estimate of drug-likeness (QED) is 0.293. The van der Waals surface area contributed by atoms with Crippen molar-refractivity contribution in [2.75, 3.05) is 31.1 Å². The van der Waals surface area contributed by atoms with Crippen LogP contribution in [0.1, 0.15) is 73.4 Å². The van der Waals surface area contributed by atoms with Gasteiger partial charge in [0.2, 0.25) is 5.91 Å². The first-order chi connectivity index (χ1) is 18.0. The van der Waals surface area contributed by atoms with E-state index in [4.69, 9.17) is 9.97 Å². The fourth-order valence-corrected chi connectivity index (χ4v) is 5.15. The SMILES string of the molecule is CCCCCCCC(=O)N1CCN(c2nc(-c3ccccc3)nc(C)c2Cc2cc(C)ccc2C)CC1. The molecule has 0 saturated carbocycles. The monoisotopic (exact) mass is 498 g/mol. The van der Waals surface area contributed by atoms with E-state index in [1.807, 2.05) is 23.1 Å². The van der Waals surface area contributed by atoms with Crippen LogP contribution in [0.15, 0.2) is 48.5 Å². The van der Waals surface area contributed by atoms with E-state index >= 15 is 0 Å². The lowest BCUT2D eigenvalue weighted by Gasteiger charge is -2.36. The number of carbonyl (C=O) groups is 1. The number of amides is 1. The fourth-order valence-electron chi connectivity index (χ4n) is 5.15. The Morgan fingerprint density at radius 2 is 1.59 bits per heavy atom. The van der Waals surface area contributed by atoms with Gasteiger partial charge in [-0.25, -0.2) is 9.97 Å². The van der Waals surface area contributed by atoms with Crippen molar-refractivity contribution in [1.82, 2.24) is 14.9 Å². The number of nitrogens with zero attached hydrogens (tertiary/aromatic N) is 4. The molecule has 1 aromatic heterocycles. The summed E-state index contributed by atoms with van der Waals surface area (Å²) in [6.45, 7) is 11.7. The summed E-state index contributed by atoms with van der Waals surface area (Å²) in [7, 11) is 0. The van der Waals surface area contributed by atoms with Gasteiger partial charge >= 0.3 is 0 Å². The largest absolute Gasteiger partial charge is 0.353 e. The van der Waals surface area contributed by atoms with Gasteiger partial charge in [-0.2, -0.15) is 0 Å². The second-order valence-corrected chi connectivity index (χ2v) is 10.4. The summed E-state index contributed by atoms with van der Waals surface area (Å²) >= 11 is 0. The van der Waals surface area contributed by atoms with Crippen molar-refractivity contribution in [3.05, 3.63) is 76.5 Å². The zero-order valence-corrected chi connectivity index (χ0v) is 23.1. The Bertz CT molecular complexity index is 1180. The highest BCUT2D eigenvalue weighted by atomic mass is 16.2. The number of anilines is 1. The summed E-state index contributed by atoms with van der Waals surface area (Å²) in [6, 6.07) is 16.9. The molecule has 0 bridgehead atoms. The van der Waals surface area contributed by atoms with Gasteiger partial charge in [0, 0.05) is 55.8 Å². The normalized spacial score (nSPS) is 13.7. The van der Waals surface area contributed by atoms with Gasteiger partial charge in [0.15, 0.2) is 5.82 Å². The zero-order valence-electron chi connectivity index (χ0n) is 23.1. The lowest BCUT2D eigenvalue weighted by Crippen LogP contribution is -2.49. The highest BCUT2D eigenvalue weighted by molar-refractivity contribution is 5.76. The highest BCUT2D eigenvalue weighted by Crippen LogP contribution is 2.29. The number of hydrogen-bond acceptors (Lipinski definition) is 4. The molecule has 0 radical (unpaired) electrons. The number of piperazine rings is 1. The maximum atomic E-state index is 12.8. The third kappa shape index (κ3) is 6.97. The molecule has 0 aliphatic carbocycles. The van der Waals surface area contributed by atoms with E-state index in [0.717, 1.165) is 68.3 Å². The average molecular weight is 499 g/mol. The molecule has 3 aromatic rings. The smallest absolute Gasteiger partial charge is 0.222 e. The predicted molar refractivity (Wildman–Crippen MR) is 153 cm³/mol. The second-order valence-electron chi connectivity index (χ2n) is 10.4. The Morgan fingerprint density at radius 1 is 0.865 bits per heavy atom. The van der Waals surface area contributed by atoms with Gasteiger partial charge in [-0.15, -0.1) is 0 Å². The second kappa shape index (κ2) is 12.8. The van der Waals surface area contributed by atoms with Crippen molar-refractivity contribution in [3.8, 4) is 11.4 Å². The number of rotatable bonds is 10. The molecule has 0 atom stereocenters. The molecule has 1 amide bonds. The van der Waals surface area contributed by atoms with Gasteiger partial charge in [-0.05, 0) is 38.3 Å². The highest BCUT2D eigenvalue weighted by Gasteiger charge is 2.25. The molecule has 37 heavy (non-hydrogen) atoms. The van der Waals surface area contributed by atoms with Crippen LogP contribution in [0.4, 0.5) is 5.82 Å². The van der Waals surface area contributed by atoms with E-state index in [2.05, 4.69) is 62.9 Å². The van der Waals surface area contributed by atoms with Gasteiger partial charge < -0.3 is 9.80 Å². The number of hydrogen-bond donors (Lipinski definition) is 0. The number of unbranched alkanes of at least 4 members (excludes halogenated alkanes) is 4. The molecule has 1 aliphatic rings. The van der Waals surface area contributed by atoms with Gasteiger partial charge in [0.05, 0.1) is 0 Å². The van der Waals surface area contributed by atoms with Crippen LogP contribution in [0, 0.1) is 20.8 Å². The summed E-state index contributed by atoms with van der Waals surface area (Å²) in [5.74, 6) is 2.08. The Hall–Kier alpha value is -3.21.